The normalized spacial score (nSPS) is 19.1. The number of ether oxygens (including phenoxy) is 1. The SMILES string of the molecule is COc1ccc2c(c1)CC(NC(CC(C)C)C(=O)O)CC2. The third-order valence-corrected chi connectivity index (χ3v) is 4.08. The van der Waals surface area contributed by atoms with Crippen LogP contribution in [-0.4, -0.2) is 30.3 Å². The smallest absolute Gasteiger partial charge is 0.320 e. The average Bonchev–Trinajstić information content (AvgIpc) is 2.45. The fraction of sp³-hybridized carbons (Fsp3) is 0.588. The van der Waals surface area contributed by atoms with Crippen molar-refractivity contribution in [2.75, 3.05) is 7.11 Å². The number of nitrogens with one attached hydrogen (secondary N) is 1. The molecule has 2 atom stereocenters. The number of aliphatic carboxylic acids is 1. The Morgan fingerprint density at radius 1 is 1.43 bits per heavy atom. The third-order valence-electron chi connectivity index (χ3n) is 4.08. The van der Waals surface area contributed by atoms with E-state index < -0.39 is 12.0 Å². The summed E-state index contributed by atoms with van der Waals surface area (Å²) in [5.74, 6) is 0.487. The first-order valence-corrected chi connectivity index (χ1v) is 7.64. The molecular weight excluding hydrogens is 266 g/mol. The number of rotatable bonds is 6. The first kappa shape index (κ1) is 15.8. The van der Waals surface area contributed by atoms with Crippen molar-refractivity contribution in [2.45, 2.75) is 51.6 Å². The Kier molecular flexibility index (Phi) is 5.23. The highest BCUT2D eigenvalue weighted by atomic mass is 16.5. The van der Waals surface area contributed by atoms with Gasteiger partial charge in [-0.05, 0) is 54.9 Å². The summed E-state index contributed by atoms with van der Waals surface area (Å²) in [4.78, 5) is 11.4. The molecule has 4 nitrogen and oxygen atoms in total. The minimum absolute atomic E-state index is 0.226. The number of carboxylic acids is 1. The highest BCUT2D eigenvalue weighted by molar-refractivity contribution is 5.73. The summed E-state index contributed by atoms with van der Waals surface area (Å²) in [5.41, 5.74) is 2.62. The summed E-state index contributed by atoms with van der Waals surface area (Å²) in [6, 6.07) is 5.95. The maximum absolute atomic E-state index is 11.4. The number of methoxy groups -OCH3 is 1. The van der Waals surface area contributed by atoms with Crippen molar-refractivity contribution in [1.29, 1.82) is 0 Å². The molecule has 0 aromatic heterocycles. The molecule has 2 N–H and O–H groups in total. The molecule has 0 aliphatic heterocycles. The molecule has 0 fully saturated rings. The van der Waals surface area contributed by atoms with Crippen molar-refractivity contribution in [3.05, 3.63) is 29.3 Å². The van der Waals surface area contributed by atoms with Crippen molar-refractivity contribution < 1.29 is 14.6 Å². The number of hydrogen-bond donors (Lipinski definition) is 2. The van der Waals surface area contributed by atoms with Gasteiger partial charge >= 0.3 is 5.97 Å². The van der Waals surface area contributed by atoms with E-state index in [1.54, 1.807) is 7.11 Å². The molecule has 116 valence electrons. The fourth-order valence-corrected chi connectivity index (χ4v) is 3.00. The zero-order valence-electron chi connectivity index (χ0n) is 13.1. The standard InChI is InChI=1S/C17H25NO3/c1-11(2)8-16(17(19)20)18-14-6-4-12-5-7-15(21-3)10-13(12)9-14/h5,7,10-11,14,16,18H,4,6,8-9H2,1-3H3,(H,19,20). The van der Waals surface area contributed by atoms with Crippen LogP contribution in [0.25, 0.3) is 0 Å². The molecule has 1 aliphatic rings. The maximum Gasteiger partial charge on any atom is 0.320 e. The second-order valence-electron chi connectivity index (χ2n) is 6.26. The number of aryl methyl sites for hydroxylation is 1. The van der Waals surface area contributed by atoms with Gasteiger partial charge in [0.25, 0.3) is 0 Å². The van der Waals surface area contributed by atoms with E-state index in [1.807, 2.05) is 6.07 Å². The number of carbonyl (C=O) groups is 1. The van der Waals surface area contributed by atoms with Crippen molar-refractivity contribution >= 4 is 5.97 Å². The molecule has 1 aromatic rings. The molecule has 0 amide bonds. The predicted octanol–water partition coefficient (Wildman–Crippen LogP) is 2.64. The Morgan fingerprint density at radius 2 is 2.19 bits per heavy atom. The van der Waals surface area contributed by atoms with E-state index in [9.17, 15) is 9.90 Å². The van der Waals surface area contributed by atoms with Crippen LogP contribution in [0.4, 0.5) is 0 Å². The van der Waals surface area contributed by atoms with Crippen LogP contribution in [0, 0.1) is 5.92 Å². The predicted molar refractivity (Wildman–Crippen MR) is 82.8 cm³/mol. The molecule has 4 heteroatoms. The number of fused-ring (bicyclic) bond motifs is 1. The second kappa shape index (κ2) is 6.94. The van der Waals surface area contributed by atoms with Gasteiger partial charge < -0.3 is 15.2 Å². The number of hydrogen-bond acceptors (Lipinski definition) is 3. The molecule has 0 bridgehead atoms. The number of carboxylic acid groups (broad SMARTS) is 1. The van der Waals surface area contributed by atoms with Crippen LogP contribution in [-0.2, 0) is 17.6 Å². The molecule has 0 saturated heterocycles. The lowest BCUT2D eigenvalue weighted by atomic mass is 9.87. The minimum atomic E-state index is -0.750. The van der Waals surface area contributed by atoms with Gasteiger partial charge in [-0.25, -0.2) is 0 Å². The highest BCUT2D eigenvalue weighted by Crippen LogP contribution is 2.26. The monoisotopic (exact) mass is 291 g/mol. The number of benzene rings is 1. The Labute approximate surface area is 126 Å². The van der Waals surface area contributed by atoms with Gasteiger partial charge in [0, 0.05) is 6.04 Å². The van der Waals surface area contributed by atoms with Gasteiger partial charge in [-0.15, -0.1) is 0 Å². The lowest BCUT2D eigenvalue weighted by molar-refractivity contribution is -0.140. The Bertz CT molecular complexity index is 499. The van der Waals surface area contributed by atoms with E-state index in [4.69, 9.17) is 4.74 Å². The van der Waals surface area contributed by atoms with Crippen LogP contribution in [0.2, 0.25) is 0 Å². The topological polar surface area (TPSA) is 58.6 Å². The van der Waals surface area contributed by atoms with Gasteiger partial charge in [0.15, 0.2) is 0 Å². The van der Waals surface area contributed by atoms with Gasteiger partial charge in [0.2, 0.25) is 0 Å². The molecule has 1 aliphatic carbocycles. The lowest BCUT2D eigenvalue weighted by Gasteiger charge is -2.29. The Morgan fingerprint density at radius 3 is 2.81 bits per heavy atom. The van der Waals surface area contributed by atoms with E-state index in [1.165, 1.54) is 11.1 Å². The molecule has 21 heavy (non-hydrogen) atoms. The Hall–Kier alpha value is -1.55. The van der Waals surface area contributed by atoms with Crippen LogP contribution >= 0.6 is 0 Å². The van der Waals surface area contributed by atoms with Crippen molar-refractivity contribution in [3.8, 4) is 5.75 Å². The van der Waals surface area contributed by atoms with Crippen molar-refractivity contribution in [1.82, 2.24) is 5.32 Å². The van der Waals surface area contributed by atoms with E-state index in [2.05, 4.69) is 31.3 Å². The summed E-state index contributed by atoms with van der Waals surface area (Å²) >= 11 is 0. The van der Waals surface area contributed by atoms with Crippen LogP contribution in [0.15, 0.2) is 18.2 Å². The van der Waals surface area contributed by atoms with Gasteiger partial charge in [-0.3, -0.25) is 4.79 Å². The van der Waals surface area contributed by atoms with Crippen molar-refractivity contribution in [3.63, 3.8) is 0 Å². The van der Waals surface area contributed by atoms with Crippen LogP contribution < -0.4 is 10.1 Å². The summed E-state index contributed by atoms with van der Waals surface area (Å²) < 4.78 is 5.27. The maximum atomic E-state index is 11.4. The van der Waals surface area contributed by atoms with Crippen LogP contribution in [0.3, 0.4) is 0 Å². The van der Waals surface area contributed by atoms with E-state index in [-0.39, 0.29) is 6.04 Å². The largest absolute Gasteiger partial charge is 0.497 e. The van der Waals surface area contributed by atoms with Crippen LogP contribution in [0.5, 0.6) is 5.75 Å². The average molecular weight is 291 g/mol. The zero-order valence-corrected chi connectivity index (χ0v) is 13.1. The second-order valence-corrected chi connectivity index (χ2v) is 6.26. The van der Waals surface area contributed by atoms with Crippen LogP contribution in [0.1, 0.15) is 37.8 Å². The summed E-state index contributed by atoms with van der Waals surface area (Å²) in [6.45, 7) is 4.11. The molecule has 0 saturated carbocycles. The molecular formula is C17H25NO3. The molecule has 0 heterocycles. The molecule has 1 aromatic carbocycles. The summed E-state index contributed by atoms with van der Waals surface area (Å²) in [6.07, 6.45) is 3.51. The van der Waals surface area contributed by atoms with Crippen molar-refractivity contribution in [2.24, 2.45) is 5.92 Å². The van der Waals surface area contributed by atoms with E-state index in [0.29, 0.717) is 12.3 Å². The first-order valence-electron chi connectivity index (χ1n) is 7.64. The van der Waals surface area contributed by atoms with Gasteiger partial charge in [0.1, 0.15) is 11.8 Å². The molecule has 2 rings (SSSR count). The zero-order chi connectivity index (χ0) is 15.4. The summed E-state index contributed by atoms with van der Waals surface area (Å²) in [5, 5.41) is 12.7. The minimum Gasteiger partial charge on any atom is -0.497 e. The first-order chi connectivity index (χ1) is 9.99. The van der Waals surface area contributed by atoms with E-state index in [0.717, 1.165) is 25.0 Å². The quantitative estimate of drug-likeness (QED) is 0.846. The third kappa shape index (κ3) is 4.21. The van der Waals surface area contributed by atoms with E-state index >= 15 is 0 Å². The molecule has 2 unspecified atom stereocenters. The van der Waals surface area contributed by atoms with Gasteiger partial charge in [-0.2, -0.15) is 0 Å². The summed E-state index contributed by atoms with van der Waals surface area (Å²) in [7, 11) is 1.67. The molecule has 0 spiro atoms. The molecule has 0 radical (unpaired) electrons. The highest BCUT2D eigenvalue weighted by Gasteiger charge is 2.25. The van der Waals surface area contributed by atoms with Gasteiger partial charge in [-0.1, -0.05) is 19.9 Å². The Balaban J connectivity index is 2.04. The van der Waals surface area contributed by atoms with Gasteiger partial charge in [0.05, 0.1) is 7.11 Å². The fourth-order valence-electron chi connectivity index (χ4n) is 3.00. The lowest BCUT2D eigenvalue weighted by Crippen LogP contribution is -2.46.